The van der Waals surface area contributed by atoms with E-state index in [9.17, 15) is 18.0 Å². The van der Waals surface area contributed by atoms with E-state index in [1.807, 2.05) is 6.07 Å². The molecule has 3 aromatic rings. The average molecular weight is 423 g/mol. The number of hydrogen-bond acceptors (Lipinski definition) is 4. The molecule has 30 heavy (non-hydrogen) atoms. The quantitative estimate of drug-likeness (QED) is 0.581. The third-order valence-electron chi connectivity index (χ3n) is 4.51. The van der Waals surface area contributed by atoms with E-state index in [1.54, 1.807) is 72.8 Å². The number of amides is 1. The number of ketones is 1. The minimum atomic E-state index is -3.47. The summed E-state index contributed by atoms with van der Waals surface area (Å²) in [6.45, 7) is 1.63. The van der Waals surface area contributed by atoms with E-state index in [2.05, 4.69) is 5.32 Å². The smallest absolute Gasteiger partial charge is 0.255 e. The van der Waals surface area contributed by atoms with Gasteiger partial charge in [-0.25, -0.2) is 8.42 Å². The van der Waals surface area contributed by atoms with E-state index in [0.717, 1.165) is 11.8 Å². The van der Waals surface area contributed by atoms with E-state index in [4.69, 9.17) is 0 Å². The zero-order valence-electron chi connectivity index (χ0n) is 16.7. The second-order valence-electron chi connectivity index (χ2n) is 6.89. The Kier molecular flexibility index (Phi) is 6.32. The number of carbonyl (C=O) groups is 2. The third kappa shape index (κ3) is 5.33. The van der Waals surface area contributed by atoms with Crippen molar-refractivity contribution >= 4 is 33.1 Å². The molecule has 0 saturated heterocycles. The van der Waals surface area contributed by atoms with Gasteiger partial charge in [0.05, 0.1) is 18.5 Å². The molecule has 7 heteroatoms. The molecule has 0 heterocycles. The van der Waals surface area contributed by atoms with Gasteiger partial charge in [-0.15, -0.1) is 0 Å². The summed E-state index contributed by atoms with van der Waals surface area (Å²) in [6.07, 6.45) is 1.16. The number of carbonyl (C=O) groups excluding carboxylic acids is 2. The first-order valence-electron chi connectivity index (χ1n) is 9.28. The van der Waals surface area contributed by atoms with Crippen LogP contribution in [0.15, 0.2) is 78.9 Å². The highest BCUT2D eigenvalue weighted by Crippen LogP contribution is 2.20. The molecule has 0 atom stereocenters. The van der Waals surface area contributed by atoms with Gasteiger partial charge >= 0.3 is 0 Å². The maximum Gasteiger partial charge on any atom is 0.255 e. The molecule has 3 aromatic carbocycles. The van der Waals surface area contributed by atoms with Crippen LogP contribution in [0.2, 0.25) is 0 Å². The fourth-order valence-corrected chi connectivity index (χ4v) is 3.83. The Labute approximate surface area is 176 Å². The van der Waals surface area contributed by atoms with Gasteiger partial charge in [-0.05, 0) is 48.9 Å². The van der Waals surface area contributed by atoms with Crippen LogP contribution in [0.25, 0.3) is 0 Å². The summed E-state index contributed by atoms with van der Waals surface area (Å²) in [5.41, 5.74) is 2.80. The normalized spacial score (nSPS) is 11.0. The van der Waals surface area contributed by atoms with Gasteiger partial charge in [-0.2, -0.15) is 0 Å². The molecule has 0 fully saturated rings. The average Bonchev–Trinajstić information content (AvgIpc) is 2.72. The molecule has 1 amide bonds. The number of benzene rings is 3. The van der Waals surface area contributed by atoms with Crippen LogP contribution in [0, 0.1) is 0 Å². The fraction of sp³-hybridized carbons (Fsp3) is 0.130. The first-order valence-corrected chi connectivity index (χ1v) is 11.1. The minimum Gasteiger partial charge on any atom is -0.322 e. The molecule has 0 saturated carbocycles. The number of hydrogen-bond donors (Lipinski definition) is 1. The van der Waals surface area contributed by atoms with Crippen molar-refractivity contribution in [2.75, 3.05) is 15.9 Å². The van der Waals surface area contributed by atoms with Crippen molar-refractivity contribution in [1.82, 2.24) is 0 Å². The zero-order valence-corrected chi connectivity index (χ0v) is 17.5. The Bertz CT molecular complexity index is 1160. The molecule has 3 rings (SSSR count). The monoisotopic (exact) mass is 422 g/mol. The van der Waals surface area contributed by atoms with Gasteiger partial charge in [0, 0.05) is 16.8 Å². The lowest BCUT2D eigenvalue weighted by Crippen LogP contribution is -2.29. The molecule has 0 aliphatic heterocycles. The van der Waals surface area contributed by atoms with Crippen molar-refractivity contribution in [3.8, 4) is 0 Å². The molecule has 0 radical (unpaired) electrons. The topological polar surface area (TPSA) is 83.6 Å². The van der Waals surface area contributed by atoms with E-state index < -0.39 is 10.0 Å². The Morgan fingerprint density at radius 2 is 1.53 bits per heavy atom. The number of anilines is 2. The Morgan fingerprint density at radius 1 is 0.867 bits per heavy atom. The summed E-state index contributed by atoms with van der Waals surface area (Å²) in [4.78, 5) is 24.0. The van der Waals surface area contributed by atoms with Crippen LogP contribution in [0.4, 0.5) is 11.4 Å². The SMILES string of the molecule is CC(=O)c1cccc(NC(=O)c2ccc(CN(c3ccccc3)S(C)(=O)=O)cc2)c1. The van der Waals surface area contributed by atoms with Gasteiger partial charge in [0.2, 0.25) is 10.0 Å². The summed E-state index contributed by atoms with van der Waals surface area (Å²) < 4.78 is 25.8. The van der Waals surface area contributed by atoms with Gasteiger partial charge in [0.15, 0.2) is 5.78 Å². The van der Waals surface area contributed by atoms with Crippen LogP contribution in [-0.2, 0) is 16.6 Å². The molecule has 1 N–H and O–H groups in total. The first kappa shape index (κ1) is 21.3. The maximum atomic E-state index is 12.5. The van der Waals surface area contributed by atoms with Crippen molar-refractivity contribution < 1.29 is 18.0 Å². The van der Waals surface area contributed by atoms with E-state index in [1.165, 1.54) is 11.2 Å². The van der Waals surface area contributed by atoms with Crippen molar-refractivity contribution in [3.63, 3.8) is 0 Å². The second kappa shape index (κ2) is 8.92. The van der Waals surface area contributed by atoms with Gasteiger partial charge < -0.3 is 5.32 Å². The molecule has 0 bridgehead atoms. The number of rotatable bonds is 7. The number of nitrogens with zero attached hydrogens (tertiary/aromatic N) is 1. The van der Waals surface area contributed by atoms with Gasteiger partial charge in [-0.1, -0.05) is 42.5 Å². The molecule has 0 aromatic heterocycles. The highest BCUT2D eigenvalue weighted by Gasteiger charge is 2.18. The molecule has 154 valence electrons. The lowest BCUT2D eigenvalue weighted by Gasteiger charge is -2.22. The highest BCUT2D eigenvalue weighted by molar-refractivity contribution is 7.92. The first-order chi connectivity index (χ1) is 14.2. The van der Waals surface area contributed by atoms with Gasteiger partial charge in [-0.3, -0.25) is 13.9 Å². The number of sulfonamides is 1. The van der Waals surface area contributed by atoms with Crippen LogP contribution in [-0.4, -0.2) is 26.4 Å². The zero-order chi connectivity index (χ0) is 21.7. The molecular weight excluding hydrogens is 400 g/mol. The van der Waals surface area contributed by atoms with E-state index in [-0.39, 0.29) is 18.2 Å². The highest BCUT2D eigenvalue weighted by atomic mass is 32.2. The predicted octanol–water partition coefficient (Wildman–Crippen LogP) is 4.11. The van der Waals surface area contributed by atoms with Crippen molar-refractivity contribution in [3.05, 3.63) is 95.6 Å². The standard InChI is InChI=1S/C23H22N2O4S/c1-17(26)20-7-6-8-21(15-20)24-23(27)19-13-11-18(12-14-19)16-25(30(2,28)29)22-9-4-3-5-10-22/h3-15H,16H2,1-2H3,(H,24,27). The summed E-state index contributed by atoms with van der Waals surface area (Å²) >= 11 is 0. The molecule has 6 nitrogen and oxygen atoms in total. The summed E-state index contributed by atoms with van der Waals surface area (Å²) in [5.74, 6) is -0.394. The van der Waals surface area contributed by atoms with Crippen molar-refractivity contribution in [2.24, 2.45) is 0 Å². The van der Waals surface area contributed by atoms with Crippen LogP contribution in [0.5, 0.6) is 0 Å². The Balaban J connectivity index is 1.75. The third-order valence-corrected chi connectivity index (χ3v) is 5.65. The predicted molar refractivity (Wildman–Crippen MR) is 118 cm³/mol. The number of para-hydroxylation sites is 1. The molecule has 0 aliphatic carbocycles. The van der Waals surface area contributed by atoms with Gasteiger partial charge in [0.1, 0.15) is 0 Å². The summed E-state index contributed by atoms with van der Waals surface area (Å²) in [6, 6.07) is 22.3. The minimum absolute atomic E-state index is 0.0794. The lowest BCUT2D eigenvalue weighted by molar-refractivity contribution is 0.101. The maximum absolute atomic E-state index is 12.5. The summed E-state index contributed by atoms with van der Waals surface area (Å²) in [7, 11) is -3.47. The van der Waals surface area contributed by atoms with Crippen LogP contribution < -0.4 is 9.62 Å². The molecule has 0 unspecified atom stereocenters. The van der Waals surface area contributed by atoms with E-state index in [0.29, 0.717) is 22.5 Å². The number of Topliss-reactive ketones (excluding diaryl/α,β-unsaturated/α-hetero) is 1. The number of nitrogens with one attached hydrogen (secondary N) is 1. The lowest BCUT2D eigenvalue weighted by atomic mass is 10.1. The second-order valence-corrected chi connectivity index (χ2v) is 8.80. The molecule has 0 spiro atoms. The van der Waals surface area contributed by atoms with Crippen LogP contribution in [0.3, 0.4) is 0 Å². The van der Waals surface area contributed by atoms with Crippen molar-refractivity contribution in [2.45, 2.75) is 13.5 Å². The largest absolute Gasteiger partial charge is 0.322 e. The Hall–Kier alpha value is -3.45. The summed E-state index contributed by atoms with van der Waals surface area (Å²) in [5, 5.41) is 2.77. The van der Waals surface area contributed by atoms with E-state index >= 15 is 0 Å². The van der Waals surface area contributed by atoms with Crippen molar-refractivity contribution in [1.29, 1.82) is 0 Å². The van der Waals surface area contributed by atoms with Crippen LogP contribution in [0.1, 0.15) is 33.2 Å². The Morgan fingerprint density at radius 3 is 2.13 bits per heavy atom. The van der Waals surface area contributed by atoms with Gasteiger partial charge in [0.25, 0.3) is 5.91 Å². The fourth-order valence-electron chi connectivity index (χ4n) is 2.94. The molecular formula is C23H22N2O4S. The molecule has 0 aliphatic rings. The van der Waals surface area contributed by atoms with Crippen LogP contribution >= 0.6 is 0 Å².